The van der Waals surface area contributed by atoms with E-state index < -0.39 is 15.1 Å². The molecule has 0 bridgehead atoms. The SMILES string of the molecule is O=S(=O)(Cl)Oc1ccc(F)cc1. The lowest BCUT2D eigenvalue weighted by molar-refractivity contribution is 0.502. The van der Waals surface area contributed by atoms with Gasteiger partial charge in [-0.25, -0.2) is 4.39 Å². The van der Waals surface area contributed by atoms with E-state index in [4.69, 9.17) is 10.7 Å². The van der Waals surface area contributed by atoms with Gasteiger partial charge in [0.05, 0.1) is 10.7 Å². The van der Waals surface area contributed by atoms with Crippen molar-refractivity contribution >= 4 is 20.0 Å². The van der Waals surface area contributed by atoms with Crippen LogP contribution < -0.4 is 4.18 Å². The summed E-state index contributed by atoms with van der Waals surface area (Å²) in [6.45, 7) is 0. The number of halogens is 2. The van der Waals surface area contributed by atoms with Gasteiger partial charge in [0, 0.05) is 0 Å². The minimum Gasteiger partial charge on any atom is -0.371 e. The van der Waals surface area contributed by atoms with Crippen molar-refractivity contribution in [3.8, 4) is 5.75 Å². The molecule has 12 heavy (non-hydrogen) atoms. The Bertz CT molecular complexity index is 359. The van der Waals surface area contributed by atoms with Gasteiger partial charge in [-0.2, -0.15) is 8.42 Å². The zero-order valence-electron chi connectivity index (χ0n) is 5.70. The largest absolute Gasteiger partial charge is 0.401 e. The van der Waals surface area contributed by atoms with Gasteiger partial charge in [0.2, 0.25) is 0 Å². The van der Waals surface area contributed by atoms with Gasteiger partial charge >= 0.3 is 9.33 Å². The summed E-state index contributed by atoms with van der Waals surface area (Å²) >= 11 is 0. The predicted octanol–water partition coefficient (Wildman–Crippen LogP) is 1.69. The molecule has 0 unspecified atom stereocenters. The quantitative estimate of drug-likeness (QED) is 0.698. The van der Waals surface area contributed by atoms with Crippen LogP contribution in [0.5, 0.6) is 5.75 Å². The van der Waals surface area contributed by atoms with Crippen molar-refractivity contribution in [2.75, 3.05) is 0 Å². The monoisotopic (exact) mass is 210 g/mol. The van der Waals surface area contributed by atoms with Crippen molar-refractivity contribution in [2.24, 2.45) is 0 Å². The van der Waals surface area contributed by atoms with Crippen molar-refractivity contribution < 1.29 is 17.0 Å². The van der Waals surface area contributed by atoms with Crippen LogP contribution >= 0.6 is 10.7 Å². The van der Waals surface area contributed by atoms with E-state index in [9.17, 15) is 12.8 Å². The fourth-order valence-electron chi connectivity index (χ4n) is 0.605. The summed E-state index contributed by atoms with van der Waals surface area (Å²) in [5.41, 5.74) is 0. The molecule has 0 aliphatic heterocycles. The Morgan fingerprint density at radius 3 is 2.17 bits per heavy atom. The molecule has 0 fully saturated rings. The summed E-state index contributed by atoms with van der Waals surface area (Å²) in [5, 5.41) is 0. The van der Waals surface area contributed by atoms with Crippen LogP contribution in [-0.4, -0.2) is 8.42 Å². The molecule has 0 heterocycles. The van der Waals surface area contributed by atoms with Crippen molar-refractivity contribution in [2.45, 2.75) is 0 Å². The average Bonchev–Trinajstić information content (AvgIpc) is 1.91. The first-order chi connectivity index (χ1) is 5.47. The fourth-order valence-corrected chi connectivity index (χ4v) is 1.16. The minimum absolute atomic E-state index is 0.0219. The maximum Gasteiger partial charge on any atom is 0.401 e. The molecule has 1 rings (SSSR count). The molecule has 1 aromatic rings. The summed E-state index contributed by atoms with van der Waals surface area (Å²) in [6.07, 6.45) is 0. The third-order valence-corrected chi connectivity index (χ3v) is 1.59. The molecular formula is C6H4ClFO3S. The number of rotatable bonds is 2. The number of benzene rings is 1. The van der Waals surface area contributed by atoms with Crippen LogP contribution in [0.2, 0.25) is 0 Å². The van der Waals surface area contributed by atoms with Crippen molar-refractivity contribution in [1.29, 1.82) is 0 Å². The lowest BCUT2D eigenvalue weighted by atomic mass is 10.3. The molecule has 6 heteroatoms. The van der Waals surface area contributed by atoms with Crippen molar-refractivity contribution in [3.05, 3.63) is 30.1 Å². The minimum atomic E-state index is -4.04. The van der Waals surface area contributed by atoms with Gasteiger partial charge in [-0.3, -0.25) is 0 Å². The molecule has 66 valence electrons. The first kappa shape index (κ1) is 9.28. The molecule has 0 aromatic heterocycles. The summed E-state index contributed by atoms with van der Waals surface area (Å²) in [5.74, 6) is -0.499. The summed E-state index contributed by atoms with van der Waals surface area (Å²) < 4.78 is 37.2. The molecule has 1 aromatic carbocycles. The van der Waals surface area contributed by atoms with Crippen molar-refractivity contribution in [3.63, 3.8) is 0 Å². The number of hydrogen-bond acceptors (Lipinski definition) is 3. The lowest BCUT2D eigenvalue weighted by Gasteiger charge is -1.98. The molecule has 0 spiro atoms. The van der Waals surface area contributed by atoms with Crippen LogP contribution in [0.25, 0.3) is 0 Å². The van der Waals surface area contributed by atoms with Crippen LogP contribution in [-0.2, 0) is 9.33 Å². The summed E-state index contributed by atoms with van der Waals surface area (Å²) in [4.78, 5) is 0. The average molecular weight is 211 g/mol. The van der Waals surface area contributed by atoms with Crippen LogP contribution in [0, 0.1) is 5.82 Å². The molecule has 0 atom stereocenters. The van der Waals surface area contributed by atoms with Gasteiger partial charge in [0.25, 0.3) is 0 Å². The molecule has 0 amide bonds. The Morgan fingerprint density at radius 1 is 1.25 bits per heavy atom. The second-order valence-electron chi connectivity index (χ2n) is 1.93. The Hall–Kier alpha value is -0.810. The molecule has 0 saturated heterocycles. The van der Waals surface area contributed by atoms with Crippen LogP contribution in [0.4, 0.5) is 4.39 Å². The smallest absolute Gasteiger partial charge is 0.371 e. The van der Waals surface area contributed by atoms with Crippen LogP contribution in [0.3, 0.4) is 0 Å². The second-order valence-corrected chi connectivity index (χ2v) is 4.02. The van der Waals surface area contributed by atoms with Gasteiger partial charge in [-0.15, -0.1) is 0 Å². The van der Waals surface area contributed by atoms with E-state index in [0.717, 1.165) is 24.3 Å². The predicted molar refractivity (Wildman–Crippen MR) is 41.8 cm³/mol. The van der Waals surface area contributed by atoms with E-state index in [2.05, 4.69) is 4.18 Å². The van der Waals surface area contributed by atoms with E-state index >= 15 is 0 Å². The third-order valence-electron chi connectivity index (χ3n) is 1.01. The topological polar surface area (TPSA) is 43.4 Å². The standard InChI is InChI=1S/C6H4ClFO3S/c7-12(9,10)11-6-3-1-5(8)2-4-6/h1-4H. The maximum atomic E-state index is 12.3. The van der Waals surface area contributed by atoms with Crippen molar-refractivity contribution in [1.82, 2.24) is 0 Å². The summed E-state index contributed by atoms with van der Waals surface area (Å²) in [7, 11) is 0.723. The van der Waals surface area contributed by atoms with Gasteiger partial charge in [-0.1, -0.05) is 0 Å². The highest BCUT2D eigenvalue weighted by Gasteiger charge is 2.06. The normalized spacial score (nSPS) is 11.2. The van der Waals surface area contributed by atoms with E-state index in [-0.39, 0.29) is 5.75 Å². The Kier molecular flexibility index (Phi) is 2.54. The molecule has 0 aliphatic rings. The lowest BCUT2D eigenvalue weighted by Crippen LogP contribution is -1.99. The number of hydrogen-bond donors (Lipinski definition) is 0. The van der Waals surface area contributed by atoms with E-state index in [1.807, 2.05) is 0 Å². The molecule has 0 N–H and O–H groups in total. The van der Waals surface area contributed by atoms with E-state index in [1.54, 1.807) is 0 Å². The zero-order chi connectivity index (χ0) is 9.19. The van der Waals surface area contributed by atoms with Gasteiger partial charge in [0.1, 0.15) is 11.6 Å². The first-order valence-corrected chi connectivity index (χ1v) is 5.10. The van der Waals surface area contributed by atoms with Gasteiger partial charge in [-0.05, 0) is 24.3 Å². The molecular weight excluding hydrogens is 207 g/mol. The van der Waals surface area contributed by atoms with Crippen LogP contribution in [0.15, 0.2) is 24.3 Å². The highest BCUT2D eigenvalue weighted by molar-refractivity contribution is 8.10. The summed E-state index contributed by atoms with van der Waals surface area (Å²) in [6, 6.07) is 4.46. The molecule has 0 aliphatic carbocycles. The maximum absolute atomic E-state index is 12.3. The molecule has 0 radical (unpaired) electrons. The van der Waals surface area contributed by atoms with Crippen LogP contribution in [0.1, 0.15) is 0 Å². The Labute approximate surface area is 73.4 Å². The zero-order valence-corrected chi connectivity index (χ0v) is 7.27. The second kappa shape index (κ2) is 3.28. The van der Waals surface area contributed by atoms with Gasteiger partial charge in [0.15, 0.2) is 0 Å². The first-order valence-electron chi connectivity index (χ1n) is 2.87. The van der Waals surface area contributed by atoms with E-state index in [1.165, 1.54) is 0 Å². The fraction of sp³-hybridized carbons (Fsp3) is 0. The Morgan fingerprint density at radius 2 is 1.75 bits per heavy atom. The van der Waals surface area contributed by atoms with Gasteiger partial charge < -0.3 is 4.18 Å². The highest BCUT2D eigenvalue weighted by atomic mass is 35.7. The Balaban J connectivity index is 2.85. The molecule has 3 nitrogen and oxygen atoms in total. The van der Waals surface area contributed by atoms with E-state index in [0.29, 0.717) is 0 Å². The molecule has 0 saturated carbocycles. The third kappa shape index (κ3) is 3.06. The highest BCUT2D eigenvalue weighted by Crippen LogP contribution is 2.14.